The maximum atomic E-state index is 13.0. The molecule has 3 aliphatic heterocycles. The Kier molecular flexibility index (Phi) is 7.00. The van der Waals surface area contributed by atoms with E-state index in [0.29, 0.717) is 25.7 Å². The van der Waals surface area contributed by atoms with Crippen molar-refractivity contribution >= 4 is 17.7 Å². The zero-order chi connectivity index (χ0) is 24.5. The summed E-state index contributed by atoms with van der Waals surface area (Å²) < 4.78 is 16.7. The first-order valence-electron chi connectivity index (χ1n) is 11.8. The number of nitrogens with zero attached hydrogens (tertiary/aromatic N) is 1. The van der Waals surface area contributed by atoms with Gasteiger partial charge in [0.05, 0.1) is 25.0 Å². The number of ether oxygens (including phenoxy) is 3. The van der Waals surface area contributed by atoms with Crippen LogP contribution in [0.4, 0.5) is 10.5 Å². The Hall–Kier alpha value is -2.84. The van der Waals surface area contributed by atoms with Crippen LogP contribution in [-0.4, -0.2) is 55.3 Å². The van der Waals surface area contributed by atoms with Gasteiger partial charge in [0.25, 0.3) is 0 Å². The van der Waals surface area contributed by atoms with E-state index in [9.17, 15) is 14.7 Å². The van der Waals surface area contributed by atoms with Crippen LogP contribution in [0.2, 0.25) is 0 Å². The molecule has 4 rings (SSSR count). The highest BCUT2D eigenvalue weighted by Gasteiger charge is 2.45. The van der Waals surface area contributed by atoms with Gasteiger partial charge in [-0.15, -0.1) is 0 Å². The number of fused-ring (bicyclic) bond motifs is 5. The zero-order valence-electron chi connectivity index (χ0n) is 20.3. The molecule has 0 aromatic heterocycles. The van der Waals surface area contributed by atoms with Gasteiger partial charge in [-0.25, -0.2) is 4.79 Å². The number of carbonyl (C=O) groups excluding carboxylic acids is 2. The van der Waals surface area contributed by atoms with Crippen LogP contribution in [0.1, 0.15) is 50.2 Å². The molecule has 8 heteroatoms. The number of aliphatic hydroxyl groups is 1. The van der Waals surface area contributed by atoms with Gasteiger partial charge >= 0.3 is 6.09 Å². The first kappa shape index (κ1) is 24.3. The number of amides is 2. The van der Waals surface area contributed by atoms with Gasteiger partial charge in [-0.2, -0.15) is 0 Å². The summed E-state index contributed by atoms with van der Waals surface area (Å²) in [5.74, 6) is 0.754. The summed E-state index contributed by atoms with van der Waals surface area (Å²) in [6.45, 7) is 3.99. The van der Waals surface area contributed by atoms with Gasteiger partial charge in [-0.1, -0.05) is 23.8 Å². The summed E-state index contributed by atoms with van der Waals surface area (Å²) in [5, 5.41) is 13.5. The Bertz CT molecular complexity index is 1020. The molecule has 2 fully saturated rings. The van der Waals surface area contributed by atoms with E-state index in [-0.39, 0.29) is 31.0 Å². The molecule has 0 saturated carbocycles. The largest absolute Gasteiger partial charge is 0.496 e. The lowest BCUT2D eigenvalue weighted by molar-refractivity contribution is -0.118. The number of epoxide rings is 1. The third-order valence-corrected chi connectivity index (χ3v) is 6.80. The number of alkyl carbamates (subject to hydrolysis) is 1. The quantitative estimate of drug-likeness (QED) is 0.609. The lowest BCUT2D eigenvalue weighted by Crippen LogP contribution is -2.56. The van der Waals surface area contributed by atoms with E-state index >= 15 is 0 Å². The molecule has 4 atom stereocenters. The number of hydrogen-bond acceptors (Lipinski definition) is 6. The maximum Gasteiger partial charge on any atom is 0.409 e. The fourth-order valence-corrected chi connectivity index (χ4v) is 4.84. The molecule has 1 aromatic rings. The van der Waals surface area contributed by atoms with E-state index in [1.807, 2.05) is 44.2 Å². The van der Waals surface area contributed by atoms with Crippen LogP contribution in [0.5, 0.6) is 5.75 Å². The molecule has 2 amide bonds. The van der Waals surface area contributed by atoms with Crippen LogP contribution in [0, 0.1) is 6.92 Å². The van der Waals surface area contributed by atoms with E-state index in [2.05, 4.69) is 5.32 Å². The SMILES string of the molecule is COc1cc2cc(c1C)N(C)C(=O)CCC1OC1CC1C[C@](O)(C/C=C/C=C(\C)C2)NC(=O)O1. The minimum absolute atomic E-state index is 0.00679. The highest BCUT2D eigenvalue weighted by Crippen LogP contribution is 2.36. The van der Waals surface area contributed by atoms with Crippen molar-refractivity contribution in [2.45, 2.75) is 76.4 Å². The lowest BCUT2D eigenvalue weighted by atomic mass is 9.96. The van der Waals surface area contributed by atoms with Crippen LogP contribution in [-0.2, 0) is 20.7 Å². The van der Waals surface area contributed by atoms with Gasteiger partial charge < -0.3 is 24.2 Å². The van der Waals surface area contributed by atoms with E-state index in [1.54, 1.807) is 19.1 Å². The summed E-state index contributed by atoms with van der Waals surface area (Å²) in [4.78, 5) is 26.7. The number of rotatable bonds is 1. The number of nitrogens with one attached hydrogen (secondary N) is 1. The Morgan fingerprint density at radius 3 is 2.79 bits per heavy atom. The number of allylic oxidation sites excluding steroid dienone is 3. The number of benzene rings is 1. The van der Waals surface area contributed by atoms with Crippen LogP contribution < -0.4 is 15.0 Å². The monoisotopic (exact) mass is 470 g/mol. The molecule has 0 aliphatic carbocycles. The predicted octanol–water partition coefficient (Wildman–Crippen LogP) is 3.54. The van der Waals surface area contributed by atoms with Gasteiger partial charge in [-0.3, -0.25) is 10.1 Å². The normalized spacial score (nSPS) is 32.6. The number of carbonyl (C=O) groups is 2. The summed E-state index contributed by atoms with van der Waals surface area (Å²) >= 11 is 0. The van der Waals surface area contributed by atoms with Gasteiger partial charge in [-0.05, 0) is 44.4 Å². The van der Waals surface area contributed by atoms with Gasteiger partial charge in [0.2, 0.25) is 5.91 Å². The second-order valence-electron chi connectivity index (χ2n) is 9.59. The summed E-state index contributed by atoms with van der Waals surface area (Å²) in [7, 11) is 3.43. The Balaban J connectivity index is 1.61. The predicted molar refractivity (Wildman–Crippen MR) is 128 cm³/mol. The van der Waals surface area contributed by atoms with E-state index in [4.69, 9.17) is 14.2 Å². The number of methoxy groups -OCH3 is 1. The van der Waals surface area contributed by atoms with Crippen molar-refractivity contribution in [1.82, 2.24) is 5.32 Å². The average Bonchev–Trinajstić information content (AvgIpc) is 3.51. The summed E-state index contributed by atoms with van der Waals surface area (Å²) in [6, 6.07) is 4.05. The highest BCUT2D eigenvalue weighted by molar-refractivity contribution is 5.94. The minimum atomic E-state index is -1.36. The second kappa shape index (κ2) is 9.80. The fourth-order valence-electron chi connectivity index (χ4n) is 4.84. The molecular formula is C26H34N2O6. The second-order valence-corrected chi connectivity index (χ2v) is 9.59. The molecule has 184 valence electrons. The Morgan fingerprint density at radius 1 is 1.24 bits per heavy atom. The summed E-state index contributed by atoms with van der Waals surface area (Å²) in [5.41, 5.74) is 2.55. The molecule has 0 radical (unpaired) electrons. The maximum absolute atomic E-state index is 13.0. The van der Waals surface area contributed by atoms with Gasteiger partial charge in [0, 0.05) is 38.3 Å². The highest BCUT2D eigenvalue weighted by atomic mass is 16.6. The van der Waals surface area contributed by atoms with Crippen molar-refractivity contribution in [3.8, 4) is 5.75 Å². The van der Waals surface area contributed by atoms with E-state index in [1.165, 1.54) is 0 Å². The third-order valence-electron chi connectivity index (χ3n) is 6.80. The van der Waals surface area contributed by atoms with Crippen LogP contribution >= 0.6 is 0 Å². The third kappa shape index (κ3) is 5.62. The number of hydrogen-bond donors (Lipinski definition) is 2. The first-order chi connectivity index (χ1) is 16.2. The first-order valence-corrected chi connectivity index (χ1v) is 11.8. The summed E-state index contributed by atoms with van der Waals surface area (Å²) in [6.07, 6.45) is 7.24. The molecule has 1 aromatic carbocycles. The Morgan fingerprint density at radius 2 is 2.03 bits per heavy atom. The number of anilines is 1. The van der Waals surface area contributed by atoms with Crippen molar-refractivity contribution in [3.63, 3.8) is 0 Å². The van der Waals surface area contributed by atoms with Crippen molar-refractivity contribution in [1.29, 1.82) is 0 Å². The molecule has 3 aliphatic rings. The van der Waals surface area contributed by atoms with Crippen molar-refractivity contribution in [2.24, 2.45) is 0 Å². The van der Waals surface area contributed by atoms with Crippen LogP contribution in [0.3, 0.4) is 0 Å². The molecule has 3 heterocycles. The van der Waals surface area contributed by atoms with Gasteiger partial charge in [0.15, 0.2) is 0 Å². The fraction of sp³-hybridized carbons (Fsp3) is 0.538. The molecule has 2 N–H and O–H groups in total. The standard InChI is InChI=1S/C26H34N2O6/c1-16-7-5-6-10-26(31)15-19(33-25(30)27-26)14-23-21(34-23)8-9-24(29)28(3)20-12-18(11-16)13-22(32-4)17(20)2/h5-7,12-13,19,21,23,31H,8-11,14-15H2,1-4H3,(H,27,30)/b6-5+,16-7+/t19?,21?,23?,26-/m1/s1. The molecule has 8 nitrogen and oxygen atoms in total. The zero-order valence-corrected chi connectivity index (χ0v) is 20.3. The van der Waals surface area contributed by atoms with Crippen molar-refractivity contribution in [2.75, 3.05) is 19.1 Å². The van der Waals surface area contributed by atoms with Crippen molar-refractivity contribution in [3.05, 3.63) is 47.1 Å². The minimum Gasteiger partial charge on any atom is -0.496 e. The van der Waals surface area contributed by atoms with Crippen molar-refractivity contribution < 1.29 is 28.9 Å². The topological polar surface area (TPSA) is 101 Å². The molecular weight excluding hydrogens is 436 g/mol. The van der Waals surface area contributed by atoms with Crippen LogP contribution in [0.15, 0.2) is 35.9 Å². The van der Waals surface area contributed by atoms with E-state index in [0.717, 1.165) is 28.1 Å². The molecule has 0 spiro atoms. The average molecular weight is 471 g/mol. The molecule has 2 saturated heterocycles. The smallest absolute Gasteiger partial charge is 0.409 e. The lowest BCUT2D eigenvalue weighted by Gasteiger charge is -2.36. The molecule has 4 bridgehead atoms. The molecule has 34 heavy (non-hydrogen) atoms. The molecule has 3 unspecified atom stereocenters. The van der Waals surface area contributed by atoms with Gasteiger partial charge in [0.1, 0.15) is 17.6 Å². The van der Waals surface area contributed by atoms with E-state index < -0.39 is 17.9 Å². The Labute approximate surface area is 200 Å². The van der Waals surface area contributed by atoms with Crippen LogP contribution in [0.25, 0.3) is 0 Å².